The first kappa shape index (κ1) is 13.2. The van der Waals surface area contributed by atoms with E-state index in [1.54, 1.807) is 26.1 Å². The van der Waals surface area contributed by atoms with Crippen LogP contribution in [0.25, 0.3) is 0 Å². The van der Waals surface area contributed by atoms with Crippen LogP contribution >= 0.6 is 0 Å². The fourth-order valence-corrected chi connectivity index (χ4v) is 1.29. The third kappa shape index (κ3) is 3.86. The van der Waals surface area contributed by atoms with Crippen molar-refractivity contribution >= 4 is 11.9 Å². The van der Waals surface area contributed by atoms with Crippen molar-refractivity contribution in [2.24, 2.45) is 0 Å². The lowest BCUT2D eigenvalue weighted by Gasteiger charge is -2.12. The van der Waals surface area contributed by atoms with Crippen LogP contribution in [-0.2, 0) is 9.53 Å². The number of esters is 1. The Labute approximate surface area is 100 Å². The average molecular weight is 236 g/mol. The van der Waals surface area contributed by atoms with Gasteiger partial charge in [-0.1, -0.05) is 0 Å². The molecule has 0 bridgehead atoms. The molecule has 0 aliphatic rings. The summed E-state index contributed by atoms with van der Waals surface area (Å²) < 4.78 is 4.79. The molecule has 0 aliphatic carbocycles. The van der Waals surface area contributed by atoms with E-state index in [0.717, 1.165) is 5.56 Å². The molecule has 92 valence electrons. The number of aryl methyl sites for hydroxylation is 1. The number of aromatic nitrogens is 1. The highest BCUT2D eigenvalue weighted by Gasteiger charge is 2.17. The van der Waals surface area contributed by atoms with E-state index in [4.69, 9.17) is 4.74 Å². The molecule has 0 radical (unpaired) electrons. The summed E-state index contributed by atoms with van der Waals surface area (Å²) in [5, 5.41) is 2.55. The zero-order valence-corrected chi connectivity index (χ0v) is 10.2. The number of carbonyl (C=O) groups excluding carboxylic acids is 2. The van der Waals surface area contributed by atoms with Gasteiger partial charge in [0.15, 0.2) is 0 Å². The molecule has 0 aromatic carbocycles. The molecule has 1 heterocycles. The first-order valence-corrected chi connectivity index (χ1v) is 5.43. The van der Waals surface area contributed by atoms with Crippen molar-refractivity contribution in [3.63, 3.8) is 0 Å². The van der Waals surface area contributed by atoms with Gasteiger partial charge in [0.2, 0.25) is 0 Å². The molecule has 1 aromatic rings. The second kappa shape index (κ2) is 5.98. The molecule has 1 aromatic heterocycles. The predicted octanol–water partition coefficient (Wildman–Crippen LogP) is 1.07. The van der Waals surface area contributed by atoms with Crippen molar-refractivity contribution in [2.45, 2.75) is 26.8 Å². The lowest BCUT2D eigenvalue weighted by Crippen LogP contribution is -2.39. The largest absolute Gasteiger partial charge is 0.464 e. The van der Waals surface area contributed by atoms with Crippen LogP contribution in [0.4, 0.5) is 0 Å². The lowest BCUT2D eigenvalue weighted by molar-refractivity contribution is -0.144. The van der Waals surface area contributed by atoms with Crippen molar-refractivity contribution in [2.75, 3.05) is 6.61 Å². The van der Waals surface area contributed by atoms with Gasteiger partial charge in [0.1, 0.15) is 6.04 Å². The molecule has 1 rings (SSSR count). The van der Waals surface area contributed by atoms with Gasteiger partial charge >= 0.3 is 5.97 Å². The Balaban J connectivity index is 2.63. The van der Waals surface area contributed by atoms with Crippen LogP contribution in [-0.4, -0.2) is 29.5 Å². The molecule has 0 spiro atoms. The van der Waals surface area contributed by atoms with Crippen LogP contribution in [0.3, 0.4) is 0 Å². The maximum atomic E-state index is 11.8. The van der Waals surface area contributed by atoms with Gasteiger partial charge in [-0.05, 0) is 32.4 Å². The standard InChI is InChI=1S/C12H16N2O3/c1-4-17-12(16)9(3)14-11(15)10-5-8(2)6-13-7-10/h5-7,9H,4H2,1-3H3,(H,14,15). The van der Waals surface area contributed by atoms with Crippen LogP contribution in [0.15, 0.2) is 18.5 Å². The third-order valence-electron chi connectivity index (χ3n) is 2.12. The first-order valence-electron chi connectivity index (χ1n) is 5.43. The number of hydrogen-bond acceptors (Lipinski definition) is 4. The summed E-state index contributed by atoms with van der Waals surface area (Å²) >= 11 is 0. The van der Waals surface area contributed by atoms with Gasteiger partial charge in [0, 0.05) is 12.4 Å². The third-order valence-corrected chi connectivity index (χ3v) is 2.12. The summed E-state index contributed by atoms with van der Waals surface area (Å²) in [6, 6.07) is 1.04. The van der Waals surface area contributed by atoms with Crippen LogP contribution < -0.4 is 5.32 Å². The van der Waals surface area contributed by atoms with E-state index in [0.29, 0.717) is 12.2 Å². The number of amides is 1. The molecule has 0 fully saturated rings. The maximum Gasteiger partial charge on any atom is 0.328 e. The maximum absolute atomic E-state index is 11.8. The van der Waals surface area contributed by atoms with Crippen molar-refractivity contribution in [1.29, 1.82) is 0 Å². The predicted molar refractivity (Wildman–Crippen MR) is 62.5 cm³/mol. The number of nitrogens with one attached hydrogen (secondary N) is 1. The van der Waals surface area contributed by atoms with Crippen molar-refractivity contribution in [3.05, 3.63) is 29.6 Å². The number of ether oxygens (including phenoxy) is 1. The number of nitrogens with zero attached hydrogens (tertiary/aromatic N) is 1. The van der Waals surface area contributed by atoms with Gasteiger partial charge in [-0.25, -0.2) is 4.79 Å². The first-order chi connectivity index (χ1) is 8.04. The van der Waals surface area contributed by atoms with Crippen LogP contribution in [0.2, 0.25) is 0 Å². The number of carbonyl (C=O) groups is 2. The molecule has 1 amide bonds. The summed E-state index contributed by atoms with van der Waals surface area (Å²) in [5.74, 6) is -0.775. The molecule has 1 atom stereocenters. The Morgan fingerprint density at radius 2 is 2.18 bits per heavy atom. The zero-order chi connectivity index (χ0) is 12.8. The molecule has 0 saturated carbocycles. The lowest BCUT2D eigenvalue weighted by atomic mass is 10.2. The molecule has 5 heteroatoms. The second-order valence-corrected chi connectivity index (χ2v) is 3.70. The summed E-state index contributed by atoms with van der Waals surface area (Å²) in [4.78, 5) is 27.0. The Kier molecular flexibility index (Phi) is 4.63. The van der Waals surface area contributed by atoms with Gasteiger partial charge in [-0.15, -0.1) is 0 Å². The second-order valence-electron chi connectivity index (χ2n) is 3.70. The monoisotopic (exact) mass is 236 g/mol. The van der Waals surface area contributed by atoms with E-state index < -0.39 is 12.0 Å². The SMILES string of the molecule is CCOC(=O)C(C)NC(=O)c1cncc(C)c1. The minimum absolute atomic E-state index is 0.297. The Hall–Kier alpha value is -1.91. The smallest absolute Gasteiger partial charge is 0.328 e. The number of rotatable bonds is 4. The average Bonchev–Trinajstić information content (AvgIpc) is 2.29. The van der Waals surface area contributed by atoms with E-state index >= 15 is 0 Å². The Bertz CT molecular complexity index is 418. The fourth-order valence-electron chi connectivity index (χ4n) is 1.29. The van der Waals surface area contributed by atoms with Crippen LogP contribution in [0.5, 0.6) is 0 Å². The van der Waals surface area contributed by atoms with Crippen molar-refractivity contribution in [3.8, 4) is 0 Å². The Morgan fingerprint density at radius 1 is 1.47 bits per heavy atom. The van der Waals surface area contributed by atoms with Gasteiger partial charge in [0.05, 0.1) is 12.2 Å². The van der Waals surface area contributed by atoms with Crippen molar-refractivity contribution in [1.82, 2.24) is 10.3 Å². The summed E-state index contributed by atoms with van der Waals surface area (Å²) in [7, 11) is 0. The van der Waals surface area contributed by atoms with Crippen molar-refractivity contribution < 1.29 is 14.3 Å². The topological polar surface area (TPSA) is 68.3 Å². The summed E-state index contributed by atoms with van der Waals surface area (Å²) in [5.41, 5.74) is 1.32. The van der Waals surface area contributed by atoms with Gasteiger partial charge in [0.25, 0.3) is 5.91 Å². The quantitative estimate of drug-likeness (QED) is 0.794. The zero-order valence-electron chi connectivity index (χ0n) is 10.2. The molecule has 0 saturated heterocycles. The highest BCUT2D eigenvalue weighted by Crippen LogP contribution is 2.01. The minimum atomic E-state index is -0.664. The Morgan fingerprint density at radius 3 is 2.76 bits per heavy atom. The normalized spacial score (nSPS) is 11.7. The highest BCUT2D eigenvalue weighted by atomic mass is 16.5. The van der Waals surface area contributed by atoms with E-state index in [9.17, 15) is 9.59 Å². The minimum Gasteiger partial charge on any atom is -0.464 e. The van der Waals surface area contributed by atoms with E-state index in [1.165, 1.54) is 6.20 Å². The molecular weight excluding hydrogens is 220 g/mol. The molecule has 0 aliphatic heterocycles. The number of pyridine rings is 1. The highest BCUT2D eigenvalue weighted by molar-refractivity contribution is 5.96. The molecule has 1 N–H and O–H groups in total. The van der Waals surface area contributed by atoms with E-state index in [-0.39, 0.29) is 5.91 Å². The van der Waals surface area contributed by atoms with E-state index in [1.807, 2.05) is 6.92 Å². The van der Waals surface area contributed by atoms with Crippen LogP contribution in [0, 0.1) is 6.92 Å². The van der Waals surface area contributed by atoms with Gasteiger partial charge in [-0.3, -0.25) is 9.78 Å². The fraction of sp³-hybridized carbons (Fsp3) is 0.417. The summed E-state index contributed by atoms with van der Waals surface area (Å²) in [6.07, 6.45) is 3.12. The molecule has 1 unspecified atom stereocenters. The molecule has 5 nitrogen and oxygen atoms in total. The van der Waals surface area contributed by atoms with E-state index in [2.05, 4.69) is 10.3 Å². The summed E-state index contributed by atoms with van der Waals surface area (Å²) in [6.45, 7) is 5.44. The number of hydrogen-bond donors (Lipinski definition) is 1. The van der Waals surface area contributed by atoms with Gasteiger partial charge < -0.3 is 10.1 Å². The van der Waals surface area contributed by atoms with Crippen LogP contribution in [0.1, 0.15) is 29.8 Å². The molecular formula is C12H16N2O3. The van der Waals surface area contributed by atoms with Gasteiger partial charge in [-0.2, -0.15) is 0 Å². The molecule has 17 heavy (non-hydrogen) atoms.